The van der Waals surface area contributed by atoms with Crippen molar-refractivity contribution >= 4 is 15.9 Å². The topological polar surface area (TPSA) is 38.9 Å². The lowest BCUT2D eigenvalue weighted by Crippen LogP contribution is -2.18. The van der Waals surface area contributed by atoms with Gasteiger partial charge >= 0.3 is 0 Å². The van der Waals surface area contributed by atoms with Crippen LogP contribution >= 0.6 is 15.9 Å². The molecule has 0 saturated heterocycles. The Balaban J connectivity index is 2.33. The van der Waals surface area contributed by atoms with Crippen molar-refractivity contribution in [2.45, 2.75) is 18.4 Å². The summed E-state index contributed by atoms with van der Waals surface area (Å²) in [6.45, 7) is 0. The third-order valence-corrected chi connectivity index (χ3v) is 2.56. The van der Waals surface area contributed by atoms with E-state index in [4.69, 9.17) is 5.73 Å². The number of nitrogens with zero attached hydrogens (tertiary/aromatic N) is 1. The number of hydrogen-bond acceptors (Lipinski definition) is 2. The minimum atomic E-state index is -0.0479. The quantitative estimate of drug-likeness (QED) is 0.722. The highest BCUT2D eigenvalue weighted by molar-refractivity contribution is 9.10. The van der Waals surface area contributed by atoms with Crippen molar-refractivity contribution in [3.63, 3.8) is 0 Å². The molecule has 1 heterocycles. The van der Waals surface area contributed by atoms with Gasteiger partial charge in [0.25, 0.3) is 0 Å². The van der Waals surface area contributed by atoms with Crippen LogP contribution in [0.2, 0.25) is 0 Å². The van der Waals surface area contributed by atoms with E-state index >= 15 is 0 Å². The van der Waals surface area contributed by atoms with Crippen LogP contribution < -0.4 is 5.73 Å². The fourth-order valence-electron chi connectivity index (χ4n) is 1.09. The largest absolute Gasteiger partial charge is 0.321 e. The maximum Gasteiger partial charge on any atom is 0.106 e. The lowest BCUT2D eigenvalue weighted by molar-refractivity contribution is 0.734. The predicted octanol–water partition coefficient (Wildman–Crippen LogP) is 1.79. The van der Waals surface area contributed by atoms with Gasteiger partial charge in [-0.05, 0) is 40.4 Å². The second kappa shape index (κ2) is 2.29. The summed E-state index contributed by atoms with van der Waals surface area (Å²) in [4.78, 5) is 4.12. The molecular weight excluding hydrogens is 204 g/mol. The molecule has 58 valence electrons. The summed E-state index contributed by atoms with van der Waals surface area (Å²) >= 11 is 3.28. The van der Waals surface area contributed by atoms with Gasteiger partial charge in [-0.25, -0.2) is 4.98 Å². The molecule has 0 aliphatic heterocycles. The Kier molecular flexibility index (Phi) is 1.51. The normalized spacial score (nSPS) is 19.8. The van der Waals surface area contributed by atoms with Gasteiger partial charge in [0.05, 0.1) is 0 Å². The molecule has 3 heteroatoms. The molecule has 1 aliphatic carbocycles. The molecule has 0 unspecified atom stereocenters. The van der Waals surface area contributed by atoms with Crippen molar-refractivity contribution in [3.8, 4) is 0 Å². The van der Waals surface area contributed by atoms with Crippen LogP contribution in [0.3, 0.4) is 0 Å². The molecule has 0 spiro atoms. The maximum absolute atomic E-state index is 5.96. The lowest BCUT2D eigenvalue weighted by atomic mass is 10.1. The van der Waals surface area contributed by atoms with Crippen LogP contribution in [0.5, 0.6) is 0 Å². The van der Waals surface area contributed by atoms with E-state index in [9.17, 15) is 0 Å². The molecule has 2 rings (SSSR count). The van der Waals surface area contributed by atoms with Gasteiger partial charge < -0.3 is 5.73 Å². The molecule has 1 aliphatic rings. The second-order valence-electron chi connectivity index (χ2n) is 3.03. The summed E-state index contributed by atoms with van der Waals surface area (Å²) in [5.74, 6) is 0. The van der Waals surface area contributed by atoms with Gasteiger partial charge in [0, 0.05) is 11.7 Å². The summed E-state index contributed by atoms with van der Waals surface area (Å²) in [5.41, 5.74) is 7.07. The SMILES string of the molecule is NC1(c2ccc(Br)nc2)CC1. The number of rotatable bonds is 1. The molecule has 0 bridgehead atoms. The van der Waals surface area contributed by atoms with Crippen LogP contribution in [0.4, 0.5) is 0 Å². The van der Waals surface area contributed by atoms with Gasteiger partial charge in [-0.15, -0.1) is 0 Å². The average Bonchev–Trinajstić information content (AvgIpc) is 2.70. The molecule has 11 heavy (non-hydrogen) atoms. The predicted molar refractivity (Wildman–Crippen MR) is 47.0 cm³/mol. The van der Waals surface area contributed by atoms with Crippen LogP contribution in [0.15, 0.2) is 22.9 Å². The minimum absolute atomic E-state index is 0.0479. The molecular formula is C8H9BrN2. The van der Waals surface area contributed by atoms with E-state index in [2.05, 4.69) is 20.9 Å². The first kappa shape index (κ1) is 7.25. The van der Waals surface area contributed by atoms with Crippen molar-refractivity contribution in [3.05, 3.63) is 28.5 Å². The molecule has 0 amide bonds. The molecule has 2 nitrogen and oxygen atoms in total. The first-order chi connectivity index (χ1) is 5.21. The summed E-state index contributed by atoms with van der Waals surface area (Å²) in [7, 11) is 0. The summed E-state index contributed by atoms with van der Waals surface area (Å²) in [5, 5.41) is 0. The zero-order valence-electron chi connectivity index (χ0n) is 6.05. The molecule has 0 atom stereocenters. The fourth-order valence-corrected chi connectivity index (χ4v) is 1.33. The van der Waals surface area contributed by atoms with Crippen molar-refractivity contribution in [2.75, 3.05) is 0 Å². The minimum Gasteiger partial charge on any atom is -0.321 e. The Hall–Kier alpha value is -0.410. The highest BCUT2D eigenvalue weighted by Gasteiger charge is 2.40. The van der Waals surface area contributed by atoms with Crippen LogP contribution in [-0.4, -0.2) is 4.98 Å². The molecule has 1 fully saturated rings. The number of hydrogen-bond donors (Lipinski definition) is 1. The van der Waals surface area contributed by atoms with Crippen LogP contribution in [0, 0.1) is 0 Å². The van der Waals surface area contributed by atoms with Crippen LogP contribution in [0.1, 0.15) is 18.4 Å². The molecule has 2 N–H and O–H groups in total. The number of halogens is 1. The van der Waals surface area contributed by atoms with E-state index in [1.807, 2.05) is 18.3 Å². The van der Waals surface area contributed by atoms with Gasteiger partial charge in [0.1, 0.15) is 4.60 Å². The summed E-state index contributed by atoms with van der Waals surface area (Å²) < 4.78 is 0.866. The smallest absolute Gasteiger partial charge is 0.106 e. The number of pyridine rings is 1. The number of nitrogens with two attached hydrogens (primary N) is 1. The highest BCUT2D eigenvalue weighted by Crippen LogP contribution is 2.42. The monoisotopic (exact) mass is 212 g/mol. The third kappa shape index (κ3) is 1.30. The summed E-state index contributed by atoms with van der Waals surface area (Å²) in [6.07, 6.45) is 4.03. The van der Waals surface area contributed by atoms with E-state index in [0.717, 1.165) is 23.0 Å². The average molecular weight is 213 g/mol. The van der Waals surface area contributed by atoms with Crippen LogP contribution in [0.25, 0.3) is 0 Å². The Morgan fingerprint density at radius 3 is 2.64 bits per heavy atom. The summed E-state index contributed by atoms with van der Waals surface area (Å²) in [6, 6.07) is 3.96. The zero-order chi connectivity index (χ0) is 7.90. The second-order valence-corrected chi connectivity index (χ2v) is 3.84. The van der Waals surface area contributed by atoms with Gasteiger partial charge in [-0.2, -0.15) is 0 Å². The Bertz CT molecular complexity index is 264. The van der Waals surface area contributed by atoms with E-state index in [0.29, 0.717) is 0 Å². The molecule has 1 saturated carbocycles. The Labute approximate surface area is 73.9 Å². The fraction of sp³-hybridized carbons (Fsp3) is 0.375. The molecule has 1 aromatic heterocycles. The first-order valence-electron chi connectivity index (χ1n) is 3.62. The highest BCUT2D eigenvalue weighted by atomic mass is 79.9. The van der Waals surface area contributed by atoms with Gasteiger partial charge in [-0.1, -0.05) is 6.07 Å². The Morgan fingerprint density at radius 1 is 1.45 bits per heavy atom. The third-order valence-electron chi connectivity index (χ3n) is 2.09. The van der Waals surface area contributed by atoms with Crippen molar-refractivity contribution in [2.24, 2.45) is 5.73 Å². The van der Waals surface area contributed by atoms with E-state index in [1.54, 1.807) is 0 Å². The molecule has 0 radical (unpaired) electrons. The van der Waals surface area contributed by atoms with Crippen molar-refractivity contribution < 1.29 is 0 Å². The van der Waals surface area contributed by atoms with Gasteiger partial charge in [0.2, 0.25) is 0 Å². The lowest BCUT2D eigenvalue weighted by Gasteiger charge is -2.06. The van der Waals surface area contributed by atoms with E-state index in [-0.39, 0.29) is 5.54 Å². The molecule has 1 aromatic rings. The zero-order valence-corrected chi connectivity index (χ0v) is 7.63. The Morgan fingerprint density at radius 2 is 2.18 bits per heavy atom. The van der Waals surface area contributed by atoms with E-state index < -0.39 is 0 Å². The van der Waals surface area contributed by atoms with Crippen LogP contribution in [-0.2, 0) is 5.54 Å². The van der Waals surface area contributed by atoms with E-state index in [1.165, 1.54) is 0 Å². The standard InChI is InChI=1S/C8H9BrN2/c9-7-2-1-6(5-11-7)8(10)3-4-8/h1-2,5H,3-4,10H2. The van der Waals surface area contributed by atoms with Gasteiger partial charge in [0.15, 0.2) is 0 Å². The van der Waals surface area contributed by atoms with Crippen molar-refractivity contribution in [1.82, 2.24) is 4.98 Å². The molecule has 0 aromatic carbocycles. The number of aromatic nitrogens is 1. The van der Waals surface area contributed by atoms with Gasteiger partial charge in [-0.3, -0.25) is 0 Å². The van der Waals surface area contributed by atoms with Crippen molar-refractivity contribution in [1.29, 1.82) is 0 Å². The first-order valence-corrected chi connectivity index (χ1v) is 4.41. The maximum atomic E-state index is 5.96.